The Bertz CT molecular complexity index is 1450. The lowest BCUT2D eigenvalue weighted by molar-refractivity contribution is 0.0990. The summed E-state index contributed by atoms with van der Waals surface area (Å²) in [6, 6.07) is 16.1. The Hall–Kier alpha value is -3.43. The maximum absolute atomic E-state index is 13.6. The first-order valence-electron chi connectivity index (χ1n) is 13.6. The number of piperazine rings is 1. The van der Waals surface area contributed by atoms with Crippen molar-refractivity contribution in [2.75, 3.05) is 73.3 Å². The van der Waals surface area contributed by atoms with E-state index in [0.29, 0.717) is 24.9 Å². The lowest BCUT2D eigenvalue weighted by Crippen LogP contribution is -2.44. The molecule has 1 amide bonds. The zero-order valence-electron chi connectivity index (χ0n) is 23.7. The van der Waals surface area contributed by atoms with Gasteiger partial charge in [0, 0.05) is 68.4 Å². The highest BCUT2D eigenvalue weighted by Crippen LogP contribution is 2.36. The van der Waals surface area contributed by atoms with Crippen LogP contribution in [0.2, 0.25) is 0 Å². The minimum absolute atomic E-state index is 0.0483. The molecule has 2 aromatic carbocycles. The number of anilines is 3. The van der Waals surface area contributed by atoms with E-state index in [1.807, 2.05) is 59.8 Å². The van der Waals surface area contributed by atoms with Crippen LogP contribution in [0, 0.1) is 18.8 Å². The molecule has 0 spiro atoms. The number of benzene rings is 2. The Labute approximate surface area is 250 Å². The quantitative estimate of drug-likeness (QED) is 0.308. The molecule has 1 aromatic heterocycles. The van der Waals surface area contributed by atoms with Crippen molar-refractivity contribution in [3.05, 3.63) is 65.4 Å². The van der Waals surface area contributed by atoms with Crippen LogP contribution in [0.25, 0.3) is 0 Å². The fraction of sp³-hybridized carbons (Fsp3) is 0.367. The van der Waals surface area contributed by atoms with Crippen LogP contribution in [-0.2, 0) is 6.42 Å². The molecule has 0 saturated carbocycles. The molecule has 0 unspecified atom stereocenters. The molecule has 3 aromatic rings. The molecule has 41 heavy (non-hydrogen) atoms. The number of rotatable bonds is 8. The van der Waals surface area contributed by atoms with Crippen LogP contribution in [-0.4, -0.2) is 79.4 Å². The van der Waals surface area contributed by atoms with Gasteiger partial charge in [0.15, 0.2) is 6.61 Å². The van der Waals surface area contributed by atoms with Gasteiger partial charge in [-0.2, -0.15) is 4.98 Å². The Balaban J connectivity index is 1.20. The summed E-state index contributed by atoms with van der Waals surface area (Å²) in [6.45, 7) is 6.60. The third-order valence-electron chi connectivity index (χ3n) is 7.03. The summed E-state index contributed by atoms with van der Waals surface area (Å²) < 4.78 is 10.1. The Morgan fingerprint density at radius 1 is 1.07 bits per heavy atom. The number of hydrogen-bond acceptors (Lipinski definition) is 10. The van der Waals surface area contributed by atoms with Gasteiger partial charge in [-0.05, 0) is 61.2 Å². The molecule has 1 fully saturated rings. The lowest BCUT2D eigenvalue weighted by atomic mass is 10.1. The van der Waals surface area contributed by atoms with Crippen LogP contribution in [0.4, 0.5) is 17.3 Å². The molecule has 1 saturated heterocycles. The van der Waals surface area contributed by atoms with Crippen molar-refractivity contribution in [1.82, 2.24) is 14.3 Å². The molecule has 3 heterocycles. The molecule has 2 N–H and O–H groups in total. The fourth-order valence-electron chi connectivity index (χ4n) is 4.92. The van der Waals surface area contributed by atoms with Gasteiger partial charge in [-0.3, -0.25) is 4.79 Å². The molecule has 11 heteroatoms. The number of aromatic nitrogens is 2. The molecule has 2 aliphatic heterocycles. The average Bonchev–Trinajstić information content (AvgIpc) is 3.42. The van der Waals surface area contributed by atoms with Crippen LogP contribution in [0.5, 0.6) is 5.88 Å². The first-order chi connectivity index (χ1) is 20.0. The van der Waals surface area contributed by atoms with E-state index in [1.54, 1.807) is 23.9 Å². The molecule has 2 aliphatic rings. The van der Waals surface area contributed by atoms with Crippen LogP contribution < -0.4 is 24.6 Å². The van der Waals surface area contributed by atoms with E-state index in [-0.39, 0.29) is 12.5 Å². The average molecular weight is 590 g/mol. The van der Waals surface area contributed by atoms with Crippen molar-refractivity contribution in [2.24, 2.45) is 5.73 Å². The second-order valence-corrected chi connectivity index (χ2v) is 11.8. The number of hydrogen-bond donors (Lipinski definition) is 1. The van der Waals surface area contributed by atoms with E-state index in [4.69, 9.17) is 10.5 Å². The predicted molar refractivity (Wildman–Crippen MR) is 169 cm³/mol. The van der Waals surface area contributed by atoms with Crippen molar-refractivity contribution >= 4 is 47.1 Å². The molecule has 9 nitrogen and oxygen atoms in total. The maximum Gasteiger partial charge on any atom is 0.260 e. The summed E-state index contributed by atoms with van der Waals surface area (Å²) in [5.41, 5.74) is 10.2. The molecular formula is C30H35N7O2S2. The number of nitrogens with zero attached hydrogens (tertiary/aromatic N) is 6. The lowest BCUT2D eigenvalue weighted by Gasteiger charge is -2.34. The molecule has 0 radical (unpaired) electrons. The summed E-state index contributed by atoms with van der Waals surface area (Å²) >= 11 is 3.36. The van der Waals surface area contributed by atoms with Gasteiger partial charge in [-0.1, -0.05) is 35.9 Å². The van der Waals surface area contributed by atoms with Gasteiger partial charge in [0.25, 0.3) is 5.91 Å². The van der Waals surface area contributed by atoms with Gasteiger partial charge in [0.05, 0.1) is 17.8 Å². The molecule has 0 atom stereocenters. The van der Waals surface area contributed by atoms with Crippen molar-refractivity contribution in [3.8, 4) is 17.7 Å². The van der Waals surface area contributed by atoms with Crippen molar-refractivity contribution in [1.29, 1.82) is 0 Å². The standard InChI is InChI=1S/C30H35N7O2S2/c1-22-20-28(39-19-7-6-13-31)33-30(32-22)35-15-17-36(18-16-35)41-24-10-11-26-23(21-24)12-14-37(26)29(38)25-8-4-5-9-27(25)34(2)40-3/h4-5,8-11,20-21H,12-19,31H2,1-3H3. The minimum Gasteiger partial charge on any atom is -0.464 e. The van der Waals surface area contributed by atoms with Gasteiger partial charge in [-0.15, -0.1) is 0 Å². The summed E-state index contributed by atoms with van der Waals surface area (Å²) in [5, 5.41) is 0. The molecule has 0 bridgehead atoms. The van der Waals surface area contributed by atoms with E-state index in [9.17, 15) is 4.79 Å². The number of para-hydroxylation sites is 1. The summed E-state index contributed by atoms with van der Waals surface area (Å²) in [5.74, 6) is 6.92. The third-order valence-corrected chi connectivity index (χ3v) is 8.87. The van der Waals surface area contributed by atoms with Crippen LogP contribution in [0.15, 0.2) is 53.4 Å². The van der Waals surface area contributed by atoms with Crippen LogP contribution >= 0.6 is 23.9 Å². The molecule has 214 valence electrons. The number of fused-ring (bicyclic) bond motifs is 1. The van der Waals surface area contributed by atoms with E-state index in [2.05, 4.69) is 49.2 Å². The molecule has 5 rings (SSSR count). The Morgan fingerprint density at radius 3 is 2.66 bits per heavy atom. The largest absolute Gasteiger partial charge is 0.464 e. The highest BCUT2D eigenvalue weighted by Gasteiger charge is 2.28. The van der Waals surface area contributed by atoms with Gasteiger partial charge in [-0.25, -0.2) is 9.29 Å². The third kappa shape index (κ3) is 6.90. The van der Waals surface area contributed by atoms with E-state index >= 15 is 0 Å². The number of carbonyl (C=O) groups is 1. The normalized spacial score (nSPS) is 14.8. The van der Waals surface area contributed by atoms with Gasteiger partial charge in [0.1, 0.15) is 0 Å². The van der Waals surface area contributed by atoms with E-state index < -0.39 is 0 Å². The molecular weight excluding hydrogens is 555 g/mol. The van der Waals surface area contributed by atoms with Gasteiger partial charge >= 0.3 is 0 Å². The highest BCUT2D eigenvalue weighted by molar-refractivity contribution is 7.99. The zero-order valence-corrected chi connectivity index (χ0v) is 25.3. The number of nitrogens with two attached hydrogens (primary N) is 1. The monoisotopic (exact) mass is 589 g/mol. The Morgan fingerprint density at radius 2 is 1.88 bits per heavy atom. The van der Waals surface area contributed by atoms with Gasteiger partial charge < -0.3 is 24.6 Å². The number of carbonyl (C=O) groups excluding carboxylic acids is 1. The number of amides is 1. The predicted octanol–water partition coefficient (Wildman–Crippen LogP) is 3.87. The second kappa shape index (κ2) is 13.5. The van der Waals surface area contributed by atoms with E-state index in [1.165, 1.54) is 10.5 Å². The van der Waals surface area contributed by atoms with Gasteiger partial charge in [0.2, 0.25) is 11.8 Å². The number of aryl methyl sites for hydroxylation is 1. The fourth-order valence-corrected chi connectivity index (χ4v) is 6.24. The first kappa shape index (κ1) is 29.1. The van der Waals surface area contributed by atoms with Crippen LogP contribution in [0.1, 0.15) is 21.6 Å². The smallest absolute Gasteiger partial charge is 0.260 e. The minimum atomic E-state index is 0.0483. The SMILES string of the molecule is CSN(C)c1ccccc1C(=O)N1CCc2cc(SN3CCN(c4nc(C)cc(OCC#CCN)n4)CC3)ccc21. The second-order valence-electron chi connectivity index (χ2n) is 9.70. The first-order valence-corrected chi connectivity index (χ1v) is 15.6. The topological polar surface area (TPSA) is 91.1 Å². The molecule has 0 aliphatic carbocycles. The van der Waals surface area contributed by atoms with Crippen molar-refractivity contribution in [2.45, 2.75) is 18.2 Å². The maximum atomic E-state index is 13.6. The summed E-state index contributed by atoms with van der Waals surface area (Å²) in [4.78, 5) is 28.1. The zero-order chi connectivity index (χ0) is 28.8. The summed E-state index contributed by atoms with van der Waals surface area (Å²) in [7, 11) is 1.99. The summed E-state index contributed by atoms with van der Waals surface area (Å²) in [6.07, 6.45) is 2.87. The Kier molecular flexibility index (Phi) is 9.57. The van der Waals surface area contributed by atoms with Crippen molar-refractivity contribution in [3.63, 3.8) is 0 Å². The van der Waals surface area contributed by atoms with E-state index in [0.717, 1.165) is 55.2 Å². The van der Waals surface area contributed by atoms with Crippen molar-refractivity contribution < 1.29 is 9.53 Å². The van der Waals surface area contributed by atoms with Crippen LogP contribution in [0.3, 0.4) is 0 Å². The highest BCUT2D eigenvalue weighted by atomic mass is 32.2. The number of ether oxygens (including phenoxy) is 1.